The fourth-order valence-electron chi connectivity index (χ4n) is 0.264. The summed E-state index contributed by atoms with van der Waals surface area (Å²) in [7, 11) is 2.36. The zero-order valence-corrected chi connectivity index (χ0v) is 5.63. The van der Waals surface area contributed by atoms with Crippen molar-refractivity contribution in [2.24, 2.45) is 0 Å². The summed E-state index contributed by atoms with van der Waals surface area (Å²) in [6.07, 6.45) is 5.12. The molecule has 1 atom stereocenters. The Bertz CT molecular complexity index is 124. The smallest absolute Gasteiger partial charge is 0.0873 e. The highest BCUT2D eigenvalue weighted by Gasteiger charge is 1.73. The highest BCUT2D eigenvalue weighted by molar-refractivity contribution is 7.22. The Morgan fingerprint density at radius 2 is 2.25 bits per heavy atom. The summed E-state index contributed by atoms with van der Waals surface area (Å²) in [5, 5.41) is 0.780. The minimum Gasteiger partial charge on any atom is -0.216 e. The number of halogens is 1. The lowest BCUT2D eigenvalue weighted by Gasteiger charge is -1.81. The van der Waals surface area contributed by atoms with E-state index in [0.717, 1.165) is 5.31 Å². The van der Waals surface area contributed by atoms with E-state index in [9.17, 15) is 4.39 Å². The van der Waals surface area contributed by atoms with Crippen molar-refractivity contribution in [3.63, 3.8) is 0 Å². The molecular weight excluding hydrogens is 122 g/mol. The molecule has 0 aliphatic rings. The molecule has 0 aromatic rings. The molecule has 0 rings (SSSR count). The summed E-state index contributed by atoms with van der Waals surface area (Å²) in [6, 6.07) is 0. The summed E-state index contributed by atoms with van der Waals surface area (Å²) < 4.78 is 11.3. The highest BCUT2D eigenvalue weighted by atomic mass is 31.0. The predicted octanol–water partition coefficient (Wildman–Crippen LogP) is 2.41. The third-order valence-corrected chi connectivity index (χ3v) is 0.951. The molecule has 0 amide bonds. The van der Waals surface area contributed by atoms with E-state index >= 15 is 0 Å². The van der Waals surface area contributed by atoms with E-state index in [-0.39, 0.29) is 0 Å². The number of hydrogen-bond donors (Lipinski definition) is 0. The van der Waals surface area contributed by atoms with E-state index in [1.807, 2.05) is 0 Å². The van der Waals surface area contributed by atoms with Gasteiger partial charge >= 0.3 is 0 Å². The first-order valence-electron chi connectivity index (χ1n) is 2.16. The van der Waals surface area contributed by atoms with Gasteiger partial charge in [0.2, 0.25) is 0 Å². The second-order valence-corrected chi connectivity index (χ2v) is 1.86. The van der Waals surface area contributed by atoms with Crippen LogP contribution in [-0.2, 0) is 0 Å². The van der Waals surface area contributed by atoms with Crippen LogP contribution in [0.3, 0.4) is 0 Å². The molecule has 8 heavy (non-hydrogen) atoms. The third-order valence-electron chi connectivity index (χ3n) is 0.566. The van der Waals surface area contributed by atoms with Crippen LogP contribution in [0.15, 0.2) is 36.5 Å². The van der Waals surface area contributed by atoms with E-state index in [2.05, 4.69) is 15.8 Å². The average Bonchev–Trinajstić information content (AvgIpc) is 1.68. The van der Waals surface area contributed by atoms with Crippen LogP contribution < -0.4 is 0 Å². The van der Waals surface area contributed by atoms with Crippen LogP contribution in [0, 0.1) is 0 Å². The SMILES string of the molecule is C=C/C=C(P)\C=C\F. The zero-order chi connectivity index (χ0) is 6.41. The van der Waals surface area contributed by atoms with E-state index in [4.69, 9.17) is 0 Å². The van der Waals surface area contributed by atoms with Crippen LogP contribution in [0.5, 0.6) is 0 Å². The van der Waals surface area contributed by atoms with Crippen molar-refractivity contribution in [1.82, 2.24) is 0 Å². The first-order chi connectivity index (χ1) is 3.81. The number of hydrogen-bond acceptors (Lipinski definition) is 0. The van der Waals surface area contributed by atoms with Crippen molar-refractivity contribution in [3.05, 3.63) is 36.5 Å². The van der Waals surface area contributed by atoms with Gasteiger partial charge in [0, 0.05) is 0 Å². The molecule has 0 fully saturated rings. The zero-order valence-electron chi connectivity index (χ0n) is 4.47. The van der Waals surface area contributed by atoms with Gasteiger partial charge < -0.3 is 0 Å². The number of rotatable bonds is 2. The standard InChI is InChI=1S/C6H8FP/c1-2-3-6(8)4-5-7/h2-5H,1,8H2/b5-4+,6-3+. The van der Waals surface area contributed by atoms with Gasteiger partial charge in [-0.1, -0.05) is 18.7 Å². The van der Waals surface area contributed by atoms with Crippen molar-refractivity contribution in [3.8, 4) is 0 Å². The molecule has 2 heteroatoms. The second-order valence-electron chi connectivity index (χ2n) is 1.20. The maximum absolute atomic E-state index is 11.3. The van der Waals surface area contributed by atoms with Gasteiger partial charge in [-0.2, -0.15) is 0 Å². The minimum atomic E-state index is 0.488. The molecule has 0 N–H and O–H groups in total. The lowest BCUT2D eigenvalue weighted by molar-refractivity contribution is 0.721. The van der Waals surface area contributed by atoms with Crippen LogP contribution in [-0.4, -0.2) is 0 Å². The molecular formula is C6H8FP. The van der Waals surface area contributed by atoms with Gasteiger partial charge in [-0.3, -0.25) is 0 Å². The average molecular weight is 130 g/mol. The van der Waals surface area contributed by atoms with Crippen LogP contribution in [0.4, 0.5) is 4.39 Å². The molecule has 0 heterocycles. The fourth-order valence-corrected chi connectivity index (χ4v) is 0.473. The Morgan fingerprint density at radius 1 is 1.62 bits per heavy atom. The van der Waals surface area contributed by atoms with Gasteiger partial charge in [0.15, 0.2) is 0 Å². The summed E-state index contributed by atoms with van der Waals surface area (Å²) in [4.78, 5) is 0. The van der Waals surface area contributed by atoms with E-state index < -0.39 is 0 Å². The van der Waals surface area contributed by atoms with E-state index in [0.29, 0.717) is 6.33 Å². The summed E-state index contributed by atoms with van der Waals surface area (Å²) >= 11 is 0. The van der Waals surface area contributed by atoms with Gasteiger partial charge in [0.1, 0.15) is 0 Å². The molecule has 0 spiro atoms. The highest BCUT2D eigenvalue weighted by Crippen LogP contribution is 2.05. The molecule has 0 nitrogen and oxygen atoms in total. The Morgan fingerprint density at radius 3 is 2.62 bits per heavy atom. The Hall–Kier alpha value is -0.420. The predicted molar refractivity (Wildman–Crippen MR) is 38.2 cm³/mol. The van der Waals surface area contributed by atoms with Crippen LogP contribution in [0.1, 0.15) is 0 Å². The number of allylic oxidation sites excluding steroid dienone is 4. The largest absolute Gasteiger partial charge is 0.216 e. The molecule has 0 bridgehead atoms. The molecule has 1 unspecified atom stereocenters. The molecule has 0 saturated heterocycles. The van der Waals surface area contributed by atoms with Crippen LogP contribution in [0.25, 0.3) is 0 Å². The molecule has 0 aromatic heterocycles. The van der Waals surface area contributed by atoms with Crippen molar-refractivity contribution in [2.75, 3.05) is 0 Å². The van der Waals surface area contributed by atoms with Crippen molar-refractivity contribution < 1.29 is 4.39 Å². The van der Waals surface area contributed by atoms with Crippen LogP contribution in [0.2, 0.25) is 0 Å². The first kappa shape index (κ1) is 7.58. The molecule has 0 aliphatic carbocycles. The van der Waals surface area contributed by atoms with Crippen molar-refractivity contribution in [2.45, 2.75) is 0 Å². The van der Waals surface area contributed by atoms with Gasteiger partial charge in [-0.25, -0.2) is 4.39 Å². The van der Waals surface area contributed by atoms with Gasteiger partial charge in [-0.15, -0.1) is 9.24 Å². The third kappa shape index (κ3) is 3.76. The van der Waals surface area contributed by atoms with Gasteiger partial charge in [0.25, 0.3) is 0 Å². The second kappa shape index (κ2) is 4.73. The molecule has 44 valence electrons. The van der Waals surface area contributed by atoms with E-state index in [1.54, 1.807) is 12.2 Å². The lowest BCUT2D eigenvalue weighted by atomic mass is 10.5. The van der Waals surface area contributed by atoms with Crippen molar-refractivity contribution in [1.29, 1.82) is 0 Å². The lowest BCUT2D eigenvalue weighted by Crippen LogP contribution is -1.54. The normalized spacial score (nSPS) is 12.5. The minimum absolute atomic E-state index is 0.488. The molecule has 0 radical (unpaired) electrons. The molecule has 0 aromatic carbocycles. The van der Waals surface area contributed by atoms with Gasteiger partial charge in [-0.05, 0) is 11.4 Å². The summed E-state index contributed by atoms with van der Waals surface area (Å²) in [5.41, 5.74) is 0. The summed E-state index contributed by atoms with van der Waals surface area (Å²) in [5.74, 6) is 0. The monoisotopic (exact) mass is 130 g/mol. The molecule has 0 saturated carbocycles. The first-order valence-corrected chi connectivity index (χ1v) is 2.74. The quantitative estimate of drug-likeness (QED) is 0.397. The van der Waals surface area contributed by atoms with Crippen molar-refractivity contribution >= 4 is 9.24 Å². The maximum atomic E-state index is 11.3. The van der Waals surface area contributed by atoms with Crippen LogP contribution >= 0.6 is 9.24 Å². The fraction of sp³-hybridized carbons (Fsp3) is 0. The Labute approximate surface area is 51.0 Å². The summed E-state index contributed by atoms with van der Waals surface area (Å²) in [6.45, 7) is 3.44. The molecule has 0 aliphatic heterocycles. The van der Waals surface area contributed by atoms with Gasteiger partial charge in [0.05, 0.1) is 6.33 Å². The Balaban J connectivity index is 3.79. The maximum Gasteiger partial charge on any atom is 0.0873 e. The topological polar surface area (TPSA) is 0 Å². The van der Waals surface area contributed by atoms with E-state index in [1.165, 1.54) is 6.08 Å². The Kier molecular flexibility index (Phi) is 4.48.